The Labute approximate surface area is 193 Å². The molecule has 0 atom stereocenters. The van der Waals surface area contributed by atoms with E-state index in [0.29, 0.717) is 24.3 Å². The van der Waals surface area contributed by atoms with Gasteiger partial charge in [0.2, 0.25) is 10.0 Å². The monoisotopic (exact) mass is 490 g/mol. The number of carbonyl (C=O) groups excluding carboxylic acids is 1. The molecule has 1 aliphatic heterocycles. The van der Waals surface area contributed by atoms with E-state index in [9.17, 15) is 22.0 Å². The van der Waals surface area contributed by atoms with E-state index in [2.05, 4.69) is 4.98 Å². The number of urea groups is 1. The maximum absolute atomic E-state index is 14.1. The molecule has 1 aliphatic carbocycles. The summed E-state index contributed by atoms with van der Waals surface area (Å²) in [6.45, 7) is 2.51. The normalized spacial score (nSPS) is 17.6. The highest BCUT2D eigenvalue weighted by Gasteiger charge is 2.52. The van der Waals surface area contributed by atoms with Crippen LogP contribution in [0.1, 0.15) is 18.5 Å². The molecule has 2 aromatic carbocycles. The van der Waals surface area contributed by atoms with Gasteiger partial charge in [0.25, 0.3) is 0 Å². The van der Waals surface area contributed by atoms with Crippen molar-refractivity contribution in [1.82, 2.24) is 4.98 Å². The molecule has 3 aromatic rings. The summed E-state index contributed by atoms with van der Waals surface area (Å²) < 4.78 is 51.3. The minimum atomic E-state index is -3.94. The Balaban J connectivity index is 1.48. The summed E-state index contributed by atoms with van der Waals surface area (Å²) >= 11 is 0.882. The van der Waals surface area contributed by atoms with Crippen LogP contribution in [-0.4, -0.2) is 32.5 Å². The van der Waals surface area contributed by atoms with Gasteiger partial charge in [-0.15, -0.1) is 0 Å². The first kappa shape index (κ1) is 21.9. The van der Waals surface area contributed by atoms with Gasteiger partial charge in [0.05, 0.1) is 5.69 Å². The first-order valence-corrected chi connectivity index (χ1v) is 12.6. The fourth-order valence-corrected chi connectivity index (χ4v) is 6.07. The summed E-state index contributed by atoms with van der Waals surface area (Å²) in [6, 6.07) is 9.62. The number of primary sulfonamides is 1. The average molecular weight is 491 g/mol. The van der Waals surface area contributed by atoms with Crippen LogP contribution in [0.15, 0.2) is 46.7 Å². The van der Waals surface area contributed by atoms with Crippen LogP contribution in [0.2, 0.25) is 0 Å². The number of benzene rings is 2. The predicted octanol–water partition coefficient (Wildman–Crippen LogP) is 4.27. The molecule has 5 rings (SSSR count). The Hall–Kier alpha value is -2.89. The minimum absolute atomic E-state index is 0.0613. The molecule has 1 saturated carbocycles. The van der Waals surface area contributed by atoms with Crippen LogP contribution < -0.4 is 14.9 Å². The van der Waals surface area contributed by atoms with E-state index >= 15 is 0 Å². The Morgan fingerprint density at radius 3 is 2.33 bits per heavy atom. The lowest BCUT2D eigenvalue weighted by atomic mass is 10.0. The Morgan fingerprint density at radius 1 is 1.06 bits per heavy atom. The number of aryl methyl sites for hydroxylation is 1. The van der Waals surface area contributed by atoms with Gasteiger partial charge in [0, 0.05) is 29.8 Å². The summed E-state index contributed by atoms with van der Waals surface area (Å²) in [5.74, 6) is -1.07. The number of anilines is 2. The highest BCUT2D eigenvalue weighted by atomic mass is 32.2. The van der Waals surface area contributed by atoms with Gasteiger partial charge in [0.15, 0.2) is 9.34 Å². The number of amides is 2. The second-order valence-corrected chi connectivity index (χ2v) is 11.3. The lowest BCUT2D eigenvalue weighted by Gasteiger charge is -2.39. The molecule has 2 N–H and O–H groups in total. The number of thiazole rings is 1. The summed E-state index contributed by atoms with van der Waals surface area (Å²) in [6.07, 6.45) is 1.87. The number of nitrogens with zero attached hydrogens (tertiary/aromatic N) is 3. The molecule has 2 amide bonds. The van der Waals surface area contributed by atoms with E-state index in [1.807, 2.05) is 0 Å². The molecular formula is C22H20F2N4O3S2. The second-order valence-electron chi connectivity index (χ2n) is 8.54. The van der Waals surface area contributed by atoms with Crippen LogP contribution >= 0.6 is 11.3 Å². The van der Waals surface area contributed by atoms with Crippen molar-refractivity contribution in [3.8, 4) is 11.1 Å². The van der Waals surface area contributed by atoms with Crippen LogP contribution in [0, 0.1) is 24.0 Å². The third kappa shape index (κ3) is 4.00. The zero-order valence-electron chi connectivity index (χ0n) is 17.6. The zero-order valence-corrected chi connectivity index (χ0v) is 19.2. The zero-order chi connectivity index (χ0) is 23.5. The number of halogens is 2. The van der Waals surface area contributed by atoms with Gasteiger partial charge in [-0.05, 0) is 55.7 Å². The van der Waals surface area contributed by atoms with Crippen LogP contribution in [-0.2, 0) is 10.0 Å². The second kappa shape index (κ2) is 7.57. The van der Waals surface area contributed by atoms with Crippen molar-refractivity contribution in [3.63, 3.8) is 0 Å². The molecule has 0 radical (unpaired) electrons. The molecule has 1 spiro atoms. The summed E-state index contributed by atoms with van der Waals surface area (Å²) in [4.78, 5) is 20.8. The summed E-state index contributed by atoms with van der Waals surface area (Å²) in [5.41, 5.74) is 1.40. The van der Waals surface area contributed by atoms with Crippen LogP contribution in [0.4, 0.5) is 24.4 Å². The molecular weight excluding hydrogens is 470 g/mol. The number of sulfonamides is 1. The van der Waals surface area contributed by atoms with Gasteiger partial charge in [0.1, 0.15) is 11.6 Å². The molecule has 1 aromatic heterocycles. The summed E-state index contributed by atoms with van der Waals surface area (Å²) in [7, 11) is -3.94. The molecule has 1 saturated heterocycles. The molecule has 2 fully saturated rings. The lowest BCUT2D eigenvalue weighted by Crippen LogP contribution is -2.55. The number of rotatable bonds is 4. The van der Waals surface area contributed by atoms with Crippen LogP contribution in [0.3, 0.4) is 0 Å². The average Bonchev–Trinajstić information content (AvgIpc) is 3.39. The van der Waals surface area contributed by atoms with E-state index in [1.165, 1.54) is 4.90 Å². The van der Waals surface area contributed by atoms with Gasteiger partial charge in [-0.2, -0.15) is 0 Å². The van der Waals surface area contributed by atoms with Crippen LogP contribution in [0.25, 0.3) is 11.1 Å². The summed E-state index contributed by atoms with van der Waals surface area (Å²) in [5, 5.41) is 5.57. The smallest absolute Gasteiger partial charge is 0.293 e. The highest BCUT2D eigenvalue weighted by molar-refractivity contribution is 7.91. The van der Waals surface area contributed by atoms with Gasteiger partial charge in [-0.1, -0.05) is 23.5 Å². The van der Waals surface area contributed by atoms with E-state index in [1.54, 1.807) is 36.1 Å². The maximum Gasteiger partial charge on any atom is 0.330 e. The van der Waals surface area contributed by atoms with Gasteiger partial charge >= 0.3 is 6.03 Å². The molecule has 33 heavy (non-hydrogen) atoms. The van der Waals surface area contributed by atoms with E-state index in [0.717, 1.165) is 42.4 Å². The van der Waals surface area contributed by atoms with Crippen molar-refractivity contribution in [2.24, 2.45) is 10.6 Å². The molecule has 0 bridgehead atoms. The first-order valence-electron chi connectivity index (χ1n) is 10.2. The quantitative estimate of drug-likeness (QED) is 0.591. The van der Waals surface area contributed by atoms with Crippen molar-refractivity contribution in [3.05, 3.63) is 59.8 Å². The molecule has 0 unspecified atom stereocenters. The van der Waals surface area contributed by atoms with Crippen LogP contribution in [0.5, 0.6) is 0 Å². The minimum Gasteiger partial charge on any atom is -0.293 e. The van der Waals surface area contributed by atoms with Crippen molar-refractivity contribution < 1.29 is 22.0 Å². The van der Waals surface area contributed by atoms with Gasteiger partial charge < -0.3 is 0 Å². The Morgan fingerprint density at radius 2 is 1.73 bits per heavy atom. The maximum atomic E-state index is 14.1. The standard InChI is InChI=1S/C22H20F2N4O3S2/c1-13-19(33(25,30)31)32-20(26-13)28-12-22(8-9-22)11-27(21(28)29)16-5-2-14(3-6-16)17-10-15(23)4-7-18(17)24/h2-7,10H,8-9,11-12H2,1H3,(H2,25,30,31). The van der Waals surface area contributed by atoms with Crippen molar-refractivity contribution in [2.75, 3.05) is 22.9 Å². The number of hydrogen-bond acceptors (Lipinski definition) is 5. The fourth-order valence-electron chi connectivity index (χ4n) is 4.13. The SMILES string of the molecule is Cc1nc(N2CC3(CC3)CN(c3ccc(-c4cc(F)ccc4F)cc3)C2=O)sc1S(N)(=O)=O. The largest absolute Gasteiger partial charge is 0.330 e. The van der Waals surface area contributed by atoms with E-state index in [4.69, 9.17) is 5.14 Å². The Bertz CT molecular complexity index is 1370. The molecule has 2 aliphatic rings. The van der Waals surface area contributed by atoms with Crippen molar-refractivity contribution in [2.45, 2.75) is 24.0 Å². The van der Waals surface area contributed by atoms with Crippen molar-refractivity contribution >= 4 is 38.2 Å². The number of hydrogen-bond donors (Lipinski definition) is 1. The van der Waals surface area contributed by atoms with Gasteiger partial charge in [-0.3, -0.25) is 9.80 Å². The third-order valence-electron chi connectivity index (χ3n) is 6.06. The number of aromatic nitrogens is 1. The molecule has 7 nitrogen and oxygen atoms in total. The molecule has 11 heteroatoms. The van der Waals surface area contributed by atoms with E-state index in [-0.39, 0.29) is 32.0 Å². The third-order valence-corrected chi connectivity index (χ3v) is 8.79. The Kier molecular flexibility index (Phi) is 5.03. The molecule has 172 valence electrons. The van der Waals surface area contributed by atoms with E-state index < -0.39 is 21.7 Å². The first-order chi connectivity index (χ1) is 15.6. The number of nitrogens with two attached hydrogens (primary N) is 1. The predicted molar refractivity (Wildman–Crippen MR) is 122 cm³/mol. The lowest BCUT2D eigenvalue weighted by molar-refractivity contribution is 0.243. The van der Waals surface area contributed by atoms with Gasteiger partial charge in [-0.25, -0.2) is 32.1 Å². The topological polar surface area (TPSA) is 96.6 Å². The number of carbonyl (C=O) groups is 1. The molecule has 2 heterocycles. The highest BCUT2D eigenvalue weighted by Crippen LogP contribution is 2.51. The van der Waals surface area contributed by atoms with Crippen molar-refractivity contribution in [1.29, 1.82) is 0 Å². The fraction of sp³-hybridized carbons (Fsp3) is 0.273.